The van der Waals surface area contributed by atoms with Crippen LogP contribution in [0.3, 0.4) is 0 Å². The van der Waals surface area contributed by atoms with Crippen LogP contribution in [0.5, 0.6) is 0 Å². The van der Waals surface area contributed by atoms with Crippen LogP contribution in [0.25, 0.3) is 0 Å². The molecule has 1 aromatic carbocycles. The number of halogens is 2. The summed E-state index contributed by atoms with van der Waals surface area (Å²) in [6.07, 6.45) is -0.795. The molecule has 1 unspecified atom stereocenters. The standard InChI is InChI=1S/C9H11F2NO3S/c1-6(13)7-3-2-4-8(5-7)12-16(14,15)9(10)11/h2-6,9,12-13H,1H3. The largest absolute Gasteiger partial charge is 0.389 e. The molecule has 0 fully saturated rings. The van der Waals surface area contributed by atoms with Gasteiger partial charge < -0.3 is 5.11 Å². The van der Waals surface area contributed by atoms with Crippen molar-refractivity contribution in [3.8, 4) is 0 Å². The zero-order valence-corrected chi connectivity index (χ0v) is 9.21. The first-order chi connectivity index (χ1) is 7.33. The van der Waals surface area contributed by atoms with Gasteiger partial charge >= 0.3 is 5.76 Å². The van der Waals surface area contributed by atoms with Gasteiger partial charge in [0, 0.05) is 5.69 Å². The first kappa shape index (κ1) is 12.9. The minimum Gasteiger partial charge on any atom is -0.389 e. The zero-order valence-electron chi connectivity index (χ0n) is 8.39. The maximum Gasteiger partial charge on any atom is 0.355 e. The van der Waals surface area contributed by atoms with E-state index in [0.717, 1.165) is 0 Å². The highest BCUT2D eigenvalue weighted by atomic mass is 32.2. The highest BCUT2D eigenvalue weighted by Gasteiger charge is 2.23. The molecule has 1 rings (SSSR count). The van der Waals surface area contributed by atoms with E-state index >= 15 is 0 Å². The van der Waals surface area contributed by atoms with Crippen LogP contribution in [0, 0.1) is 0 Å². The number of aliphatic hydroxyl groups is 1. The van der Waals surface area contributed by atoms with Gasteiger partial charge in [0.25, 0.3) is 10.0 Å². The van der Waals surface area contributed by atoms with Gasteiger partial charge in [-0.2, -0.15) is 8.78 Å². The molecule has 2 N–H and O–H groups in total. The molecule has 0 aromatic heterocycles. The van der Waals surface area contributed by atoms with E-state index in [1.54, 1.807) is 10.8 Å². The van der Waals surface area contributed by atoms with Gasteiger partial charge in [0.15, 0.2) is 0 Å². The lowest BCUT2D eigenvalue weighted by molar-refractivity contribution is 0.199. The Hall–Kier alpha value is -1.21. The second kappa shape index (κ2) is 4.75. The maximum atomic E-state index is 12.1. The molecule has 1 aromatic rings. The second-order valence-electron chi connectivity index (χ2n) is 3.21. The Balaban J connectivity index is 2.95. The van der Waals surface area contributed by atoms with E-state index < -0.39 is 21.9 Å². The Morgan fingerprint density at radius 2 is 2.00 bits per heavy atom. The molecule has 4 nitrogen and oxygen atoms in total. The van der Waals surface area contributed by atoms with Gasteiger partial charge in [-0.1, -0.05) is 12.1 Å². The van der Waals surface area contributed by atoms with Gasteiger partial charge in [0.05, 0.1) is 6.10 Å². The van der Waals surface area contributed by atoms with Crippen molar-refractivity contribution in [3.63, 3.8) is 0 Å². The van der Waals surface area contributed by atoms with Crippen LogP contribution in [0.1, 0.15) is 18.6 Å². The van der Waals surface area contributed by atoms with Crippen LogP contribution >= 0.6 is 0 Å². The number of anilines is 1. The molecule has 7 heteroatoms. The summed E-state index contributed by atoms with van der Waals surface area (Å²) in [6, 6.07) is 5.65. The molecule has 0 saturated heterocycles. The molecule has 0 bridgehead atoms. The van der Waals surface area contributed by atoms with Gasteiger partial charge in [0.1, 0.15) is 0 Å². The van der Waals surface area contributed by atoms with Crippen LogP contribution in [0.15, 0.2) is 24.3 Å². The van der Waals surface area contributed by atoms with Crippen LogP contribution in [0.2, 0.25) is 0 Å². The average molecular weight is 251 g/mol. The van der Waals surface area contributed by atoms with E-state index in [2.05, 4.69) is 0 Å². The van der Waals surface area contributed by atoms with Gasteiger partial charge in [-0.05, 0) is 24.6 Å². The SMILES string of the molecule is CC(O)c1cccc(NS(=O)(=O)C(F)F)c1. The smallest absolute Gasteiger partial charge is 0.355 e. The van der Waals surface area contributed by atoms with Crippen molar-refractivity contribution >= 4 is 15.7 Å². The molecule has 0 radical (unpaired) electrons. The summed E-state index contributed by atoms with van der Waals surface area (Å²) < 4.78 is 47.6. The molecular weight excluding hydrogens is 240 g/mol. The molecule has 0 aliphatic rings. The Bertz CT molecular complexity index is 460. The summed E-state index contributed by atoms with van der Waals surface area (Å²) in [7, 11) is -4.66. The number of aliphatic hydroxyl groups excluding tert-OH is 1. The Morgan fingerprint density at radius 1 is 1.38 bits per heavy atom. The molecule has 0 saturated carbocycles. The van der Waals surface area contributed by atoms with Crippen molar-refractivity contribution in [1.82, 2.24) is 0 Å². The number of sulfonamides is 1. The first-order valence-corrected chi connectivity index (χ1v) is 5.95. The summed E-state index contributed by atoms with van der Waals surface area (Å²) >= 11 is 0. The number of hydrogen-bond acceptors (Lipinski definition) is 3. The van der Waals surface area contributed by atoms with Crippen molar-refractivity contribution in [2.75, 3.05) is 4.72 Å². The third-order valence-corrected chi connectivity index (χ3v) is 2.85. The highest BCUT2D eigenvalue weighted by molar-refractivity contribution is 7.93. The van der Waals surface area contributed by atoms with E-state index in [0.29, 0.717) is 5.56 Å². The lowest BCUT2D eigenvalue weighted by Crippen LogP contribution is -2.20. The lowest BCUT2D eigenvalue weighted by atomic mass is 10.1. The Labute approximate surface area is 92.0 Å². The van der Waals surface area contributed by atoms with Crippen LogP contribution in [-0.4, -0.2) is 19.3 Å². The van der Waals surface area contributed by atoms with E-state index in [9.17, 15) is 22.3 Å². The third-order valence-electron chi connectivity index (χ3n) is 1.86. The molecule has 0 aliphatic carbocycles. The molecule has 1 atom stereocenters. The summed E-state index contributed by atoms with van der Waals surface area (Å²) in [4.78, 5) is 0. The van der Waals surface area contributed by atoms with Crippen molar-refractivity contribution in [3.05, 3.63) is 29.8 Å². The predicted molar refractivity (Wildman–Crippen MR) is 55.6 cm³/mol. The first-order valence-electron chi connectivity index (χ1n) is 4.41. The van der Waals surface area contributed by atoms with Gasteiger partial charge in [-0.25, -0.2) is 8.42 Å². The van der Waals surface area contributed by atoms with Gasteiger partial charge in [-0.15, -0.1) is 0 Å². The Kier molecular flexibility index (Phi) is 3.82. The molecule has 16 heavy (non-hydrogen) atoms. The van der Waals surface area contributed by atoms with Gasteiger partial charge in [0.2, 0.25) is 0 Å². The molecule has 0 heterocycles. The number of alkyl halides is 2. The van der Waals surface area contributed by atoms with Crippen molar-refractivity contribution < 1.29 is 22.3 Å². The molecule has 0 spiro atoms. The highest BCUT2D eigenvalue weighted by Crippen LogP contribution is 2.19. The average Bonchev–Trinajstić information content (AvgIpc) is 2.17. The monoisotopic (exact) mass is 251 g/mol. The van der Waals surface area contributed by atoms with Crippen LogP contribution in [-0.2, 0) is 10.0 Å². The Morgan fingerprint density at radius 3 is 2.50 bits per heavy atom. The summed E-state index contributed by atoms with van der Waals surface area (Å²) in [5, 5.41) is 9.23. The van der Waals surface area contributed by atoms with Crippen molar-refractivity contribution in [2.45, 2.75) is 18.8 Å². The number of nitrogens with one attached hydrogen (secondary N) is 1. The van der Waals surface area contributed by atoms with E-state index in [1.807, 2.05) is 0 Å². The van der Waals surface area contributed by atoms with Crippen LogP contribution < -0.4 is 4.72 Å². The normalized spacial score (nSPS) is 13.8. The minimum absolute atomic E-state index is 0.00120. The number of rotatable bonds is 4. The summed E-state index contributed by atoms with van der Waals surface area (Å²) in [5.74, 6) is -3.48. The third kappa shape index (κ3) is 3.14. The fourth-order valence-corrected chi connectivity index (χ4v) is 1.62. The topological polar surface area (TPSA) is 66.4 Å². The van der Waals surface area contributed by atoms with Crippen molar-refractivity contribution in [1.29, 1.82) is 0 Å². The number of benzene rings is 1. The van der Waals surface area contributed by atoms with Gasteiger partial charge in [-0.3, -0.25) is 4.72 Å². The van der Waals surface area contributed by atoms with Crippen LogP contribution in [0.4, 0.5) is 14.5 Å². The molecule has 90 valence electrons. The molecular formula is C9H11F2NO3S. The summed E-state index contributed by atoms with van der Waals surface area (Å²) in [6.45, 7) is 1.49. The predicted octanol–water partition coefficient (Wildman–Crippen LogP) is 1.70. The quantitative estimate of drug-likeness (QED) is 0.856. The minimum atomic E-state index is -4.66. The fraction of sp³-hybridized carbons (Fsp3) is 0.333. The molecule has 0 aliphatic heterocycles. The zero-order chi connectivity index (χ0) is 12.3. The fourth-order valence-electron chi connectivity index (χ4n) is 1.07. The van der Waals surface area contributed by atoms with Crippen molar-refractivity contribution in [2.24, 2.45) is 0 Å². The van der Waals surface area contributed by atoms with E-state index in [4.69, 9.17) is 0 Å². The van der Waals surface area contributed by atoms with E-state index in [1.165, 1.54) is 25.1 Å². The summed E-state index contributed by atoms with van der Waals surface area (Å²) in [5.41, 5.74) is 0.438. The van der Waals surface area contributed by atoms with E-state index in [-0.39, 0.29) is 5.69 Å². The second-order valence-corrected chi connectivity index (χ2v) is 4.86. The maximum absolute atomic E-state index is 12.1. The molecule has 0 amide bonds. The lowest BCUT2D eigenvalue weighted by Gasteiger charge is -2.09. The number of hydrogen-bond donors (Lipinski definition) is 2.